The minimum absolute atomic E-state index is 0.00968. The number of hydrogen-bond donors (Lipinski definition) is 2. The number of benzene rings is 1. The number of Topliss-reactive ketones (excluding diaryl/α,β-unsaturated/α-hetero) is 1. The van der Waals surface area contributed by atoms with Gasteiger partial charge in [-0.25, -0.2) is 9.18 Å². The normalized spacial score (nSPS) is 11.9. The van der Waals surface area contributed by atoms with Crippen LogP contribution in [-0.4, -0.2) is 17.0 Å². The zero-order chi connectivity index (χ0) is 12.1. The third-order valence-corrected chi connectivity index (χ3v) is 2.04. The quantitative estimate of drug-likeness (QED) is 0.824. The van der Waals surface area contributed by atoms with Crippen molar-refractivity contribution in [2.24, 2.45) is 0 Å². The summed E-state index contributed by atoms with van der Waals surface area (Å²) in [5, 5.41) is 10.8. The number of hydrogen-bond acceptors (Lipinski definition) is 2. The van der Waals surface area contributed by atoms with Gasteiger partial charge in [0.2, 0.25) is 0 Å². The van der Waals surface area contributed by atoms with Crippen LogP contribution >= 0.6 is 0 Å². The molecule has 1 atom stereocenters. The Morgan fingerprint density at radius 2 is 2.19 bits per heavy atom. The van der Waals surface area contributed by atoms with Crippen LogP contribution in [0.15, 0.2) is 24.3 Å². The second kappa shape index (κ2) is 5.25. The Morgan fingerprint density at radius 3 is 2.69 bits per heavy atom. The molecule has 0 fully saturated rings. The molecular weight excluding hydrogens is 213 g/mol. The first kappa shape index (κ1) is 12.2. The topological polar surface area (TPSA) is 66.4 Å². The first-order valence-corrected chi connectivity index (χ1v) is 4.73. The van der Waals surface area contributed by atoms with Crippen LogP contribution in [-0.2, 0) is 4.79 Å². The van der Waals surface area contributed by atoms with Gasteiger partial charge < -0.3 is 10.4 Å². The number of nitrogens with one attached hydrogen (secondary N) is 1. The Hall–Kier alpha value is -1.91. The average molecular weight is 225 g/mol. The van der Waals surface area contributed by atoms with Gasteiger partial charge in [0.05, 0.1) is 6.04 Å². The van der Waals surface area contributed by atoms with Gasteiger partial charge in [-0.1, -0.05) is 12.1 Å². The van der Waals surface area contributed by atoms with Crippen LogP contribution in [0.25, 0.3) is 0 Å². The summed E-state index contributed by atoms with van der Waals surface area (Å²) in [6.07, 6.45) is -1.23. The van der Waals surface area contributed by atoms with Crippen molar-refractivity contribution in [3.63, 3.8) is 0 Å². The van der Waals surface area contributed by atoms with Crippen molar-refractivity contribution in [1.82, 2.24) is 5.32 Å². The number of amides is 1. The van der Waals surface area contributed by atoms with Gasteiger partial charge in [0.1, 0.15) is 11.6 Å². The minimum atomic E-state index is -1.24. The van der Waals surface area contributed by atoms with E-state index in [0.717, 1.165) is 0 Å². The lowest BCUT2D eigenvalue weighted by molar-refractivity contribution is -0.117. The first-order chi connectivity index (χ1) is 7.49. The number of ketones is 1. The Balaban J connectivity index is 2.90. The number of halogens is 1. The number of carbonyl (C=O) groups excluding carboxylic acids is 1. The van der Waals surface area contributed by atoms with Crippen molar-refractivity contribution in [3.8, 4) is 0 Å². The van der Waals surface area contributed by atoms with Crippen molar-refractivity contribution in [3.05, 3.63) is 35.6 Å². The van der Waals surface area contributed by atoms with E-state index in [1.54, 1.807) is 6.07 Å². The van der Waals surface area contributed by atoms with E-state index in [1.807, 2.05) is 0 Å². The molecule has 1 amide bonds. The van der Waals surface area contributed by atoms with Gasteiger partial charge in [-0.2, -0.15) is 0 Å². The molecule has 5 heteroatoms. The summed E-state index contributed by atoms with van der Waals surface area (Å²) in [6.45, 7) is 1.36. The van der Waals surface area contributed by atoms with Crippen molar-refractivity contribution < 1.29 is 19.1 Å². The molecule has 2 N–H and O–H groups in total. The SMILES string of the molecule is CC(=O)C[C@H](NC(=O)O)c1cccc(F)c1. The molecule has 0 bridgehead atoms. The smallest absolute Gasteiger partial charge is 0.405 e. The molecule has 0 saturated heterocycles. The zero-order valence-electron chi connectivity index (χ0n) is 8.74. The molecule has 0 radical (unpaired) electrons. The highest BCUT2D eigenvalue weighted by molar-refractivity contribution is 5.77. The summed E-state index contributed by atoms with van der Waals surface area (Å²) < 4.78 is 12.9. The third kappa shape index (κ3) is 3.68. The van der Waals surface area contributed by atoms with Crippen molar-refractivity contribution in [1.29, 1.82) is 0 Å². The second-order valence-electron chi connectivity index (χ2n) is 3.46. The van der Waals surface area contributed by atoms with Gasteiger partial charge in [-0.15, -0.1) is 0 Å². The lowest BCUT2D eigenvalue weighted by atomic mass is 10.0. The highest BCUT2D eigenvalue weighted by Gasteiger charge is 2.16. The Morgan fingerprint density at radius 1 is 1.50 bits per heavy atom. The standard InChI is InChI=1S/C11H12FNO3/c1-7(14)5-10(13-11(15)16)8-3-2-4-9(12)6-8/h2-4,6,10,13H,5H2,1H3,(H,15,16)/t10-/m0/s1. The molecule has 0 aliphatic carbocycles. The van der Waals surface area contributed by atoms with E-state index in [9.17, 15) is 14.0 Å². The Kier molecular flexibility index (Phi) is 3.99. The van der Waals surface area contributed by atoms with Crippen LogP contribution in [0, 0.1) is 5.82 Å². The van der Waals surface area contributed by atoms with E-state index in [-0.39, 0.29) is 12.2 Å². The molecule has 0 aliphatic heterocycles. The van der Waals surface area contributed by atoms with E-state index in [4.69, 9.17) is 5.11 Å². The lowest BCUT2D eigenvalue weighted by Crippen LogP contribution is -2.28. The summed E-state index contributed by atoms with van der Waals surface area (Å²) in [4.78, 5) is 21.5. The maximum absolute atomic E-state index is 12.9. The van der Waals surface area contributed by atoms with Crippen LogP contribution < -0.4 is 5.32 Å². The van der Waals surface area contributed by atoms with Crippen LogP contribution in [0.3, 0.4) is 0 Å². The Labute approximate surface area is 92.1 Å². The van der Waals surface area contributed by atoms with E-state index >= 15 is 0 Å². The largest absolute Gasteiger partial charge is 0.465 e. The zero-order valence-corrected chi connectivity index (χ0v) is 8.74. The molecule has 0 aliphatic rings. The fraction of sp³-hybridized carbons (Fsp3) is 0.273. The summed E-state index contributed by atoms with van der Waals surface area (Å²) in [7, 11) is 0. The summed E-state index contributed by atoms with van der Waals surface area (Å²) in [5.41, 5.74) is 0.442. The monoisotopic (exact) mass is 225 g/mol. The average Bonchev–Trinajstić information content (AvgIpc) is 2.15. The number of carbonyl (C=O) groups is 2. The molecule has 0 aromatic heterocycles. The van der Waals surface area contributed by atoms with Crippen LogP contribution in [0.2, 0.25) is 0 Å². The van der Waals surface area contributed by atoms with Gasteiger partial charge in [-0.3, -0.25) is 4.79 Å². The molecular formula is C11H12FNO3. The maximum atomic E-state index is 12.9. The van der Waals surface area contributed by atoms with E-state index in [1.165, 1.54) is 25.1 Å². The lowest BCUT2D eigenvalue weighted by Gasteiger charge is -2.15. The molecule has 1 aromatic carbocycles. The van der Waals surface area contributed by atoms with Crippen molar-refractivity contribution in [2.75, 3.05) is 0 Å². The highest BCUT2D eigenvalue weighted by Crippen LogP contribution is 2.18. The van der Waals surface area contributed by atoms with E-state index in [0.29, 0.717) is 5.56 Å². The molecule has 0 heterocycles. The number of carboxylic acid groups (broad SMARTS) is 1. The maximum Gasteiger partial charge on any atom is 0.405 e. The van der Waals surface area contributed by atoms with Gasteiger partial charge >= 0.3 is 6.09 Å². The molecule has 0 spiro atoms. The number of rotatable bonds is 4. The predicted molar refractivity (Wildman–Crippen MR) is 55.6 cm³/mol. The first-order valence-electron chi connectivity index (χ1n) is 4.73. The third-order valence-electron chi connectivity index (χ3n) is 2.04. The second-order valence-corrected chi connectivity index (χ2v) is 3.46. The minimum Gasteiger partial charge on any atom is -0.465 e. The molecule has 1 rings (SSSR count). The van der Waals surface area contributed by atoms with Gasteiger partial charge in [0, 0.05) is 6.42 Å². The van der Waals surface area contributed by atoms with Gasteiger partial charge in [0.15, 0.2) is 0 Å². The van der Waals surface area contributed by atoms with Crippen molar-refractivity contribution in [2.45, 2.75) is 19.4 Å². The molecule has 16 heavy (non-hydrogen) atoms. The van der Waals surface area contributed by atoms with Crippen LogP contribution in [0.5, 0.6) is 0 Å². The molecule has 0 unspecified atom stereocenters. The van der Waals surface area contributed by atoms with Crippen LogP contribution in [0.4, 0.5) is 9.18 Å². The van der Waals surface area contributed by atoms with Crippen molar-refractivity contribution >= 4 is 11.9 Å². The van der Waals surface area contributed by atoms with Crippen LogP contribution in [0.1, 0.15) is 24.9 Å². The molecule has 4 nitrogen and oxygen atoms in total. The van der Waals surface area contributed by atoms with Gasteiger partial charge in [-0.05, 0) is 24.6 Å². The summed E-state index contributed by atoms with van der Waals surface area (Å²) in [5.74, 6) is -0.624. The van der Waals surface area contributed by atoms with E-state index in [2.05, 4.69) is 5.32 Å². The molecule has 1 aromatic rings. The Bertz CT molecular complexity index is 390. The fourth-order valence-corrected chi connectivity index (χ4v) is 1.41. The predicted octanol–water partition coefficient (Wildman–Crippen LogP) is 2.11. The van der Waals surface area contributed by atoms with E-state index < -0.39 is 18.0 Å². The molecule has 86 valence electrons. The highest BCUT2D eigenvalue weighted by atomic mass is 19.1. The summed E-state index contributed by atoms with van der Waals surface area (Å²) in [6, 6.07) is 4.82. The fourth-order valence-electron chi connectivity index (χ4n) is 1.41. The van der Waals surface area contributed by atoms with Gasteiger partial charge in [0.25, 0.3) is 0 Å². The molecule has 0 saturated carbocycles. The summed E-state index contributed by atoms with van der Waals surface area (Å²) >= 11 is 0.